The molecule has 0 saturated heterocycles. The van der Waals surface area contributed by atoms with Gasteiger partial charge >= 0.3 is 0 Å². The average molecular weight is 240 g/mol. The number of methoxy groups -OCH3 is 2. The summed E-state index contributed by atoms with van der Waals surface area (Å²) in [5.41, 5.74) is -0.988. The molecule has 94 valence electrons. The highest BCUT2D eigenvalue weighted by molar-refractivity contribution is 5.96. The van der Waals surface area contributed by atoms with Gasteiger partial charge < -0.3 is 9.47 Å². The Morgan fingerprint density at radius 1 is 1.18 bits per heavy atom. The molecule has 0 aliphatic rings. The Labute approximate surface area is 101 Å². The standard InChI is InChI=1S/C13H17FO3/c1-8(15)9-6-11(16-4)12(17-5)7-10(9)13(2,3)14/h6-7H,1-5H3. The van der Waals surface area contributed by atoms with Crippen molar-refractivity contribution in [1.82, 2.24) is 0 Å². The largest absolute Gasteiger partial charge is 0.493 e. The third kappa shape index (κ3) is 2.75. The second kappa shape index (κ2) is 4.73. The van der Waals surface area contributed by atoms with Gasteiger partial charge in [0.1, 0.15) is 5.67 Å². The zero-order valence-corrected chi connectivity index (χ0v) is 10.8. The van der Waals surface area contributed by atoms with E-state index in [2.05, 4.69) is 0 Å². The van der Waals surface area contributed by atoms with Crippen LogP contribution in [0.3, 0.4) is 0 Å². The summed E-state index contributed by atoms with van der Waals surface area (Å²) in [7, 11) is 2.95. The normalized spacial score (nSPS) is 11.2. The monoisotopic (exact) mass is 240 g/mol. The second-order valence-corrected chi connectivity index (χ2v) is 4.28. The van der Waals surface area contributed by atoms with Crippen molar-refractivity contribution in [1.29, 1.82) is 0 Å². The van der Waals surface area contributed by atoms with Gasteiger partial charge in [-0.25, -0.2) is 4.39 Å². The Balaban J connectivity index is 3.52. The SMILES string of the molecule is COc1cc(C(C)=O)c(C(C)(C)F)cc1OC. The maximum absolute atomic E-state index is 14.0. The van der Waals surface area contributed by atoms with Crippen molar-refractivity contribution in [3.8, 4) is 11.5 Å². The van der Waals surface area contributed by atoms with Crippen LogP contribution in [-0.4, -0.2) is 20.0 Å². The van der Waals surface area contributed by atoms with Crippen molar-refractivity contribution < 1.29 is 18.7 Å². The van der Waals surface area contributed by atoms with E-state index < -0.39 is 5.67 Å². The molecular formula is C13H17FO3. The number of alkyl halides is 1. The number of halogens is 1. The fourth-order valence-corrected chi connectivity index (χ4v) is 1.66. The van der Waals surface area contributed by atoms with Crippen LogP contribution in [0.15, 0.2) is 12.1 Å². The lowest BCUT2D eigenvalue weighted by Crippen LogP contribution is -2.15. The summed E-state index contributed by atoms with van der Waals surface area (Å²) in [6.07, 6.45) is 0. The lowest BCUT2D eigenvalue weighted by Gasteiger charge is -2.20. The molecule has 17 heavy (non-hydrogen) atoms. The highest BCUT2D eigenvalue weighted by atomic mass is 19.1. The number of carbonyl (C=O) groups excluding carboxylic acids is 1. The predicted molar refractivity (Wildman–Crippen MR) is 63.7 cm³/mol. The first-order chi connectivity index (χ1) is 7.81. The van der Waals surface area contributed by atoms with Crippen molar-refractivity contribution in [2.45, 2.75) is 26.4 Å². The fourth-order valence-electron chi connectivity index (χ4n) is 1.66. The van der Waals surface area contributed by atoms with E-state index in [0.717, 1.165) is 0 Å². The number of ketones is 1. The van der Waals surface area contributed by atoms with Crippen LogP contribution >= 0.6 is 0 Å². The summed E-state index contributed by atoms with van der Waals surface area (Å²) in [5, 5.41) is 0. The van der Waals surface area contributed by atoms with Gasteiger partial charge in [0.15, 0.2) is 17.3 Å². The van der Waals surface area contributed by atoms with Crippen molar-refractivity contribution in [2.75, 3.05) is 14.2 Å². The van der Waals surface area contributed by atoms with Crippen molar-refractivity contribution in [2.24, 2.45) is 0 Å². The Hall–Kier alpha value is -1.58. The Kier molecular flexibility index (Phi) is 3.76. The molecule has 0 N–H and O–H groups in total. The lowest BCUT2D eigenvalue weighted by atomic mass is 9.92. The maximum atomic E-state index is 14.0. The van der Waals surface area contributed by atoms with Crippen LogP contribution in [0.25, 0.3) is 0 Å². The van der Waals surface area contributed by atoms with E-state index in [0.29, 0.717) is 22.6 Å². The molecule has 4 heteroatoms. The number of hydrogen-bond donors (Lipinski definition) is 0. The molecule has 0 heterocycles. The van der Waals surface area contributed by atoms with Gasteiger partial charge in [-0.3, -0.25) is 4.79 Å². The number of Topliss-reactive ketones (excluding diaryl/α,β-unsaturated/α-hetero) is 1. The highest BCUT2D eigenvalue weighted by Crippen LogP contribution is 2.37. The van der Waals surface area contributed by atoms with Gasteiger partial charge in [0.25, 0.3) is 0 Å². The molecule has 0 saturated carbocycles. The smallest absolute Gasteiger partial charge is 0.161 e. The van der Waals surface area contributed by atoms with Crippen molar-refractivity contribution in [3.63, 3.8) is 0 Å². The third-order valence-corrected chi connectivity index (χ3v) is 2.54. The molecule has 0 spiro atoms. The first-order valence-corrected chi connectivity index (χ1v) is 5.27. The van der Waals surface area contributed by atoms with Crippen molar-refractivity contribution >= 4 is 5.78 Å². The van der Waals surface area contributed by atoms with E-state index in [9.17, 15) is 9.18 Å². The van der Waals surface area contributed by atoms with Crippen LogP contribution in [0, 0.1) is 0 Å². The van der Waals surface area contributed by atoms with E-state index in [1.54, 1.807) is 0 Å². The molecule has 0 amide bonds. The average Bonchev–Trinajstić information content (AvgIpc) is 2.25. The van der Waals surface area contributed by atoms with Crippen LogP contribution in [0.2, 0.25) is 0 Å². The molecule has 0 radical (unpaired) electrons. The maximum Gasteiger partial charge on any atom is 0.161 e. The van der Waals surface area contributed by atoms with Crippen LogP contribution in [0.5, 0.6) is 11.5 Å². The molecule has 1 aromatic rings. The summed E-state index contributed by atoms with van der Waals surface area (Å²) in [6, 6.07) is 3.02. The second-order valence-electron chi connectivity index (χ2n) is 4.28. The van der Waals surface area contributed by atoms with Crippen LogP contribution in [0.1, 0.15) is 36.7 Å². The zero-order valence-electron chi connectivity index (χ0n) is 10.8. The summed E-state index contributed by atoms with van der Waals surface area (Å²) in [6.45, 7) is 4.21. The van der Waals surface area contributed by atoms with Gasteiger partial charge in [-0.1, -0.05) is 0 Å². The number of carbonyl (C=O) groups is 1. The lowest BCUT2D eigenvalue weighted by molar-refractivity contribution is 0.101. The van der Waals surface area contributed by atoms with E-state index in [-0.39, 0.29) is 5.78 Å². The van der Waals surface area contributed by atoms with E-state index in [1.165, 1.54) is 47.1 Å². The first-order valence-electron chi connectivity index (χ1n) is 5.27. The molecule has 0 bridgehead atoms. The minimum Gasteiger partial charge on any atom is -0.493 e. The molecule has 0 aromatic heterocycles. The minimum absolute atomic E-state index is 0.202. The van der Waals surface area contributed by atoms with Crippen LogP contribution in [0.4, 0.5) is 4.39 Å². The molecule has 1 aromatic carbocycles. The molecule has 0 aliphatic heterocycles. The summed E-state index contributed by atoms with van der Waals surface area (Å²) in [4.78, 5) is 11.5. The Morgan fingerprint density at radius 2 is 1.65 bits per heavy atom. The molecule has 0 aliphatic carbocycles. The number of hydrogen-bond acceptors (Lipinski definition) is 3. The van der Waals surface area contributed by atoms with Gasteiger partial charge in [-0.15, -0.1) is 0 Å². The van der Waals surface area contributed by atoms with Crippen molar-refractivity contribution in [3.05, 3.63) is 23.3 Å². The van der Waals surface area contributed by atoms with Gasteiger partial charge in [0.05, 0.1) is 14.2 Å². The van der Waals surface area contributed by atoms with E-state index >= 15 is 0 Å². The van der Waals surface area contributed by atoms with E-state index in [1.807, 2.05) is 0 Å². The molecular weight excluding hydrogens is 223 g/mol. The molecule has 0 atom stereocenters. The number of rotatable bonds is 4. The van der Waals surface area contributed by atoms with Gasteiger partial charge in [0, 0.05) is 11.1 Å². The molecule has 1 rings (SSSR count). The van der Waals surface area contributed by atoms with Crippen LogP contribution in [-0.2, 0) is 5.67 Å². The predicted octanol–water partition coefficient (Wildman–Crippen LogP) is 3.11. The van der Waals surface area contributed by atoms with Gasteiger partial charge in [-0.05, 0) is 32.9 Å². The Bertz CT molecular complexity index is 433. The third-order valence-electron chi connectivity index (χ3n) is 2.54. The topological polar surface area (TPSA) is 35.5 Å². The quantitative estimate of drug-likeness (QED) is 0.758. The zero-order chi connectivity index (χ0) is 13.2. The summed E-state index contributed by atoms with van der Waals surface area (Å²) < 4.78 is 24.2. The first kappa shape index (κ1) is 13.5. The van der Waals surface area contributed by atoms with Gasteiger partial charge in [0.2, 0.25) is 0 Å². The molecule has 0 fully saturated rings. The number of ether oxygens (including phenoxy) is 2. The highest BCUT2D eigenvalue weighted by Gasteiger charge is 2.26. The van der Waals surface area contributed by atoms with E-state index in [4.69, 9.17) is 9.47 Å². The number of benzene rings is 1. The fraction of sp³-hybridized carbons (Fsp3) is 0.462. The minimum atomic E-state index is -1.61. The molecule has 3 nitrogen and oxygen atoms in total. The van der Waals surface area contributed by atoms with Gasteiger partial charge in [-0.2, -0.15) is 0 Å². The summed E-state index contributed by atoms with van der Waals surface area (Å²) >= 11 is 0. The summed E-state index contributed by atoms with van der Waals surface area (Å²) in [5.74, 6) is 0.635. The van der Waals surface area contributed by atoms with Crippen LogP contribution < -0.4 is 9.47 Å². The molecule has 0 unspecified atom stereocenters. The Morgan fingerprint density at radius 3 is 2.00 bits per heavy atom.